The van der Waals surface area contributed by atoms with Crippen molar-refractivity contribution in [3.8, 4) is 0 Å². The average molecular weight is 339 g/mol. The summed E-state index contributed by atoms with van der Waals surface area (Å²) in [5.74, 6) is -0.281. The van der Waals surface area contributed by atoms with Crippen molar-refractivity contribution in [1.82, 2.24) is 0 Å². The molecule has 1 aliphatic rings. The number of nitrogens with one attached hydrogen (secondary N) is 2. The van der Waals surface area contributed by atoms with E-state index in [4.69, 9.17) is 0 Å². The molecule has 2 amide bonds. The van der Waals surface area contributed by atoms with Crippen molar-refractivity contribution in [3.05, 3.63) is 63.7 Å². The maximum Gasteiger partial charge on any atom is 0.273 e. The van der Waals surface area contributed by atoms with Gasteiger partial charge >= 0.3 is 0 Å². The van der Waals surface area contributed by atoms with Crippen LogP contribution in [0.25, 0.3) is 0 Å². The third-order valence-corrected chi connectivity index (χ3v) is 4.10. The smallest absolute Gasteiger partial charge is 0.273 e. The molecule has 2 aromatic rings. The second-order valence-corrected chi connectivity index (χ2v) is 6.00. The van der Waals surface area contributed by atoms with E-state index in [2.05, 4.69) is 10.6 Å². The molecule has 1 aliphatic carbocycles. The Kier molecular flexibility index (Phi) is 4.47. The van der Waals surface area contributed by atoms with E-state index < -0.39 is 10.8 Å². The quantitative estimate of drug-likeness (QED) is 0.643. The van der Waals surface area contributed by atoms with E-state index in [0.717, 1.165) is 12.8 Å². The van der Waals surface area contributed by atoms with Crippen LogP contribution in [0.1, 0.15) is 28.8 Å². The molecule has 2 aromatic carbocycles. The highest BCUT2D eigenvalue weighted by molar-refractivity contribution is 6.06. The standard InChI is InChI=1S/C18H17N3O4/c1-11-15(3-2-4-16(11)21(24)25)18(23)20-14-9-7-13(8-10-14)19-17(22)12-5-6-12/h2-4,7-10,12H,5-6H2,1H3,(H,19,22)(H,20,23). The molecule has 7 heteroatoms. The fourth-order valence-corrected chi connectivity index (χ4v) is 2.49. The SMILES string of the molecule is Cc1c(C(=O)Nc2ccc(NC(=O)C3CC3)cc2)cccc1[N+](=O)[O-]. The maximum atomic E-state index is 12.4. The van der Waals surface area contributed by atoms with E-state index >= 15 is 0 Å². The van der Waals surface area contributed by atoms with Crippen LogP contribution in [0.15, 0.2) is 42.5 Å². The van der Waals surface area contributed by atoms with Gasteiger partial charge in [0.15, 0.2) is 0 Å². The van der Waals surface area contributed by atoms with Gasteiger partial charge in [0.2, 0.25) is 5.91 Å². The van der Waals surface area contributed by atoms with Crippen LogP contribution in [0.5, 0.6) is 0 Å². The number of hydrogen-bond acceptors (Lipinski definition) is 4. The molecule has 0 unspecified atom stereocenters. The topological polar surface area (TPSA) is 101 Å². The normalized spacial score (nSPS) is 13.2. The summed E-state index contributed by atoms with van der Waals surface area (Å²) in [6.45, 7) is 1.55. The molecule has 1 fully saturated rings. The number of carbonyl (C=O) groups excluding carboxylic acids is 2. The van der Waals surface area contributed by atoms with Gasteiger partial charge in [-0.3, -0.25) is 19.7 Å². The summed E-state index contributed by atoms with van der Waals surface area (Å²) in [7, 11) is 0. The van der Waals surface area contributed by atoms with Crippen LogP contribution in [-0.2, 0) is 4.79 Å². The fourth-order valence-electron chi connectivity index (χ4n) is 2.49. The first-order valence-electron chi connectivity index (χ1n) is 7.92. The lowest BCUT2D eigenvalue weighted by molar-refractivity contribution is -0.385. The third-order valence-electron chi connectivity index (χ3n) is 4.10. The Morgan fingerprint density at radius 2 is 1.64 bits per heavy atom. The van der Waals surface area contributed by atoms with Crippen molar-refractivity contribution in [2.24, 2.45) is 5.92 Å². The summed E-state index contributed by atoms with van der Waals surface area (Å²) in [6.07, 6.45) is 1.87. The number of nitrogens with zero attached hydrogens (tertiary/aromatic N) is 1. The zero-order chi connectivity index (χ0) is 18.0. The molecule has 25 heavy (non-hydrogen) atoms. The summed E-state index contributed by atoms with van der Waals surface area (Å²) in [5, 5.41) is 16.5. The molecule has 2 N–H and O–H groups in total. The van der Waals surface area contributed by atoms with E-state index in [1.165, 1.54) is 12.1 Å². The molecule has 3 rings (SSSR count). The van der Waals surface area contributed by atoms with Gasteiger partial charge < -0.3 is 10.6 Å². The number of amides is 2. The predicted octanol–water partition coefficient (Wildman–Crippen LogP) is 3.50. The number of benzene rings is 2. The molecule has 0 bridgehead atoms. The molecule has 1 saturated carbocycles. The molecule has 0 aliphatic heterocycles. The Balaban J connectivity index is 1.69. The van der Waals surface area contributed by atoms with Gasteiger partial charge in [0.05, 0.1) is 4.92 Å². The molecule has 128 valence electrons. The number of hydrogen-bond donors (Lipinski definition) is 2. The van der Waals surface area contributed by atoms with Gasteiger partial charge in [0.25, 0.3) is 11.6 Å². The van der Waals surface area contributed by atoms with Gasteiger partial charge in [-0.15, -0.1) is 0 Å². The first kappa shape index (κ1) is 16.6. The van der Waals surface area contributed by atoms with Crippen LogP contribution < -0.4 is 10.6 Å². The minimum atomic E-state index is -0.510. The van der Waals surface area contributed by atoms with E-state index in [1.54, 1.807) is 37.3 Å². The number of rotatable bonds is 5. The minimum Gasteiger partial charge on any atom is -0.326 e. The predicted molar refractivity (Wildman–Crippen MR) is 93.6 cm³/mol. The zero-order valence-corrected chi connectivity index (χ0v) is 13.6. The van der Waals surface area contributed by atoms with Gasteiger partial charge in [-0.25, -0.2) is 0 Å². The third kappa shape index (κ3) is 3.82. The van der Waals surface area contributed by atoms with Crippen LogP contribution in [-0.4, -0.2) is 16.7 Å². The van der Waals surface area contributed by atoms with Crippen LogP contribution >= 0.6 is 0 Å². The Morgan fingerprint density at radius 1 is 1.04 bits per heavy atom. The molecular formula is C18H17N3O4. The second-order valence-electron chi connectivity index (χ2n) is 6.00. The largest absolute Gasteiger partial charge is 0.326 e. The first-order chi connectivity index (χ1) is 12.0. The molecule has 7 nitrogen and oxygen atoms in total. The fraction of sp³-hybridized carbons (Fsp3) is 0.222. The average Bonchev–Trinajstić information content (AvgIpc) is 3.41. The number of carbonyl (C=O) groups is 2. The van der Waals surface area contributed by atoms with Gasteiger partial charge in [-0.05, 0) is 50.1 Å². The number of anilines is 2. The van der Waals surface area contributed by atoms with Gasteiger partial charge in [0.1, 0.15) is 0 Å². The Morgan fingerprint density at radius 3 is 2.20 bits per heavy atom. The highest BCUT2D eigenvalue weighted by Crippen LogP contribution is 2.30. The first-order valence-corrected chi connectivity index (χ1v) is 7.92. The Bertz CT molecular complexity index is 842. The zero-order valence-electron chi connectivity index (χ0n) is 13.6. The highest BCUT2D eigenvalue weighted by Gasteiger charge is 2.29. The Hall–Kier alpha value is -3.22. The van der Waals surface area contributed by atoms with E-state index in [0.29, 0.717) is 16.9 Å². The van der Waals surface area contributed by atoms with E-state index in [-0.39, 0.29) is 23.1 Å². The number of nitro groups is 1. The lowest BCUT2D eigenvalue weighted by atomic mass is 10.1. The van der Waals surface area contributed by atoms with Crippen molar-refractivity contribution in [2.45, 2.75) is 19.8 Å². The van der Waals surface area contributed by atoms with Crippen molar-refractivity contribution >= 4 is 28.9 Å². The summed E-state index contributed by atoms with van der Waals surface area (Å²) < 4.78 is 0. The second kappa shape index (κ2) is 6.72. The van der Waals surface area contributed by atoms with Gasteiger partial charge in [-0.1, -0.05) is 6.07 Å². The molecule has 0 atom stereocenters. The van der Waals surface area contributed by atoms with Gasteiger partial charge in [0, 0.05) is 34.5 Å². The van der Waals surface area contributed by atoms with Crippen molar-refractivity contribution in [2.75, 3.05) is 10.6 Å². The maximum absolute atomic E-state index is 12.4. The summed E-state index contributed by atoms with van der Waals surface area (Å²) >= 11 is 0. The van der Waals surface area contributed by atoms with Crippen molar-refractivity contribution in [3.63, 3.8) is 0 Å². The van der Waals surface area contributed by atoms with Crippen LogP contribution in [0.4, 0.5) is 17.1 Å². The van der Waals surface area contributed by atoms with E-state index in [9.17, 15) is 19.7 Å². The molecule has 0 heterocycles. The lowest BCUT2D eigenvalue weighted by Crippen LogP contribution is -2.15. The van der Waals surface area contributed by atoms with E-state index in [1.807, 2.05) is 0 Å². The highest BCUT2D eigenvalue weighted by atomic mass is 16.6. The van der Waals surface area contributed by atoms with Crippen molar-refractivity contribution in [1.29, 1.82) is 0 Å². The monoisotopic (exact) mass is 339 g/mol. The summed E-state index contributed by atoms with van der Waals surface area (Å²) in [4.78, 5) is 34.5. The van der Waals surface area contributed by atoms with Crippen LogP contribution in [0, 0.1) is 23.0 Å². The summed E-state index contributed by atoms with van der Waals surface area (Å²) in [5.41, 5.74) is 1.69. The van der Waals surface area contributed by atoms with Gasteiger partial charge in [-0.2, -0.15) is 0 Å². The number of nitro benzene ring substituents is 1. The minimum absolute atomic E-state index is 0.0176. The summed E-state index contributed by atoms with van der Waals surface area (Å²) in [6, 6.07) is 11.1. The van der Waals surface area contributed by atoms with Crippen LogP contribution in [0.3, 0.4) is 0 Å². The Labute approximate surface area is 144 Å². The molecule has 0 aromatic heterocycles. The van der Waals surface area contributed by atoms with Crippen LogP contribution in [0.2, 0.25) is 0 Å². The molecular weight excluding hydrogens is 322 g/mol. The van der Waals surface area contributed by atoms with Crippen molar-refractivity contribution < 1.29 is 14.5 Å². The molecule has 0 saturated heterocycles. The molecule has 0 spiro atoms. The lowest BCUT2D eigenvalue weighted by Gasteiger charge is -2.09. The molecule has 0 radical (unpaired) electrons.